The topological polar surface area (TPSA) is 49.4 Å². The Kier molecular flexibility index (Phi) is 9.19. The van der Waals surface area contributed by atoms with Crippen molar-refractivity contribution in [1.29, 1.82) is 0 Å². The first-order chi connectivity index (χ1) is 13.9. The molecule has 0 spiro atoms. The smallest absolute Gasteiger partial charge is 0.242 e. The Labute approximate surface area is 176 Å². The SMILES string of the molecule is CC[C@H](C)NC(=O)[C@H](C)N(Cc1ccccc1F)C(=O)CSCc1ccccc1. The van der Waals surface area contributed by atoms with Crippen molar-refractivity contribution in [2.45, 2.75) is 51.6 Å². The van der Waals surface area contributed by atoms with Gasteiger partial charge in [0.1, 0.15) is 11.9 Å². The van der Waals surface area contributed by atoms with Gasteiger partial charge in [0.15, 0.2) is 0 Å². The van der Waals surface area contributed by atoms with Crippen LogP contribution < -0.4 is 5.32 Å². The molecule has 0 saturated heterocycles. The van der Waals surface area contributed by atoms with E-state index >= 15 is 0 Å². The van der Waals surface area contributed by atoms with Crippen molar-refractivity contribution in [2.75, 3.05) is 5.75 Å². The largest absolute Gasteiger partial charge is 0.352 e. The van der Waals surface area contributed by atoms with Crippen LogP contribution in [-0.2, 0) is 21.9 Å². The highest BCUT2D eigenvalue weighted by atomic mass is 32.2. The van der Waals surface area contributed by atoms with Crippen molar-refractivity contribution in [1.82, 2.24) is 10.2 Å². The van der Waals surface area contributed by atoms with E-state index in [0.717, 1.165) is 12.0 Å². The molecule has 0 heterocycles. The van der Waals surface area contributed by atoms with E-state index < -0.39 is 6.04 Å². The molecule has 2 aromatic rings. The first kappa shape index (κ1) is 22.9. The quantitative estimate of drug-likeness (QED) is 0.625. The Bertz CT molecular complexity index is 800. The fraction of sp³-hybridized carbons (Fsp3) is 0.391. The minimum Gasteiger partial charge on any atom is -0.352 e. The molecule has 0 fully saturated rings. The third-order valence-corrected chi connectivity index (χ3v) is 5.79. The van der Waals surface area contributed by atoms with Gasteiger partial charge in [-0.2, -0.15) is 0 Å². The summed E-state index contributed by atoms with van der Waals surface area (Å²) in [6.45, 7) is 5.66. The average Bonchev–Trinajstić information content (AvgIpc) is 2.73. The summed E-state index contributed by atoms with van der Waals surface area (Å²) in [7, 11) is 0. The molecule has 29 heavy (non-hydrogen) atoms. The van der Waals surface area contributed by atoms with Gasteiger partial charge >= 0.3 is 0 Å². The summed E-state index contributed by atoms with van der Waals surface area (Å²) in [5.74, 6) is 0.146. The van der Waals surface area contributed by atoms with E-state index in [2.05, 4.69) is 5.32 Å². The monoisotopic (exact) mass is 416 g/mol. The molecule has 156 valence electrons. The van der Waals surface area contributed by atoms with Crippen LogP contribution in [0.5, 0.6) is 0 Å². The van der Waals surface area contributed by atoms with Crippen LogP contribution in [0.4, 0.5) is 4.39 Å². The van der Waals surface area contributed by atoms with E-state index in [4.69, 9.17) is 0 Å². The first-order valence-electron chi connectivity index (χ1n) is 9.87. The zero-order chi connectivity index (χ0) is 21.2. The standard InChI is InChI=1S/C23H29FN2O2S/c1-4-17(2)25-23(28)18(3)26(14-20-12-8-9-13-21(20)24)22(27)16-29-15-19-10-6-5-7-11-19/h5-13,17-18H,4,14-16H2,1-3H3,(H,25,28)/t17-,18-/m0/s1. The van der Waals surface area contributed by atoms with Crippen LogP contribution in [0.1, 0.15) is 38.3 Å². The molecule has 0 bridgehead atoms. The number of hydrogen-bond donors (Lipinski definition) is 1. The molecule has 4 nitrogen and oxygen atoms in total. The third kappa shape index (κ3) is 7.20. The van der Waals surface area contributed by atoms with Gasteiger partial charge in [-0.25, -0.2) is 4.39 Å². The molecule has 2 amide bonds. The van der Waals surface area contributed by atoms with Crippen LogP contribution in [0.2, 0.25) is 0 Å². The van der Waals surface area contributed by atoms with Crippen LogP contribution in [-0.4, -0.2) is 34.6 Å². The lowest BCUT2D eigenvalue weighted by molar-refractivity contribution is -0.139. The van der Waals surface area contributed by atoms with Gasteiger partial charge in [0.25, 0.3) is 0 Å². The Morgan fingerprint density at radius 2 is 1.72 bits per heavy atom. The van der Waals surface area contributed by atoms with Crippen LogP contribution in [0.15, 0.2) is 54.6 Å². The number of carbonyl (C=O) groups excluding carboxylic acids is 2. The maximum Gasteiger partial charge on any atom is 0.242 e. The van der Waals surface area contributed by atoms with Gasteiger partial charge in [-0.1, -0.05) is 55.5 Å². The predicted octanol–water partition coefficient (Wildman–Crippen LogP) is 4.39. The number of thioether (sulfide) groups is 1. The summed E-state index contributed by atoms with van der Waals surface area (Å²) < 4.78 is 14.2. The second kappa shape index (κ2) is 11.6. The highest BCUT2D eigenvalue weighted by Gasteiger charge is 2.27. The van der Waals surface area contributed by atoms with Crippen molar-refractivity contribution < 1.29 is 14.0 Å². The van der Waals surface area contributed by atoms with E-state index in [-0.39, 0.29) is 36.0 Å². The molecular formula is C23H29FN2O2S. The summed E-state index contributed by atoms with van der Waals surface area (Å²) in [6.07, 6.45) is 0.798. The summed E-state index contributed by atoms with van der Waals surface area (Å²) in [4.78, 5) is 27.0. The molecule has 0 aromatic heterocycles. The van der Waals surface area contributed by atoms with E-state index in [1.54, 1.807) is 25.1 Å². The molecule has 0 aliphatic heterocycles. The minimum atomic E-state index is -0.687. The predicted molar refractivity (Wildman–Crippen MR) is 117 cm³/mol. The van der Waals surface area contributed by atoms with E-state index in [1.165, 1.54) is 22.7 Å². The molecule has 2 rings (SSSR count). The van der Waals surface area contributed by atoms with E-state index in [1.807, 2.05) is 44.2 Å². The van der Waals surface area contributed by atoms with Crippen molar-refractivity contribution in [3.05, 3.63) is 71.5 Å². The fourth-order valence-corrected chi connectivity index (χ4v) is 3.64. The molecule has 1 N–H and O–H groups in total. The maximum atomic E-state index is 14.2. The number of rotatable bonds is 10. The number of carbonyl (C=O) groups is 2. The van der Waals surface area contributed by atoms with Crippen LogP contribution >= 0.6 is 11.8 Å². The molecule has 0 aliphatic rings. The van der Waals surface area contributed by atoms with Gasteiger partial charge in [-0.15, -0.1) is 11.8 Å². The van der Waals surface area contributed by atoms with Crippen LogP contribution in [0.3, 0.4) is 0 Å². The number of nitrogens with one attached hydrogen (secondary N) is 1. The summed E-state index contributed by atoms with van der Waals surface area (Å²) in [5, 5.41) is 2.91. The Balaban J connectivity index is 2.08. The number of halogens is 1. The number of benzene rings is 2. The Morgan fingerprint density at radius 1 is 1.07 bits per heavy atom. The fourth-order valence-electron chi connectivity index (χ4n) is 2.77. The van der Waals surface area contributed by atoms with E-state index in [9.17, 15) is 14.0 Å². The molecule has 0 aliphatic carbocycles. The lowest BCUT2D eigenvalue weighted by Gasteiger charge is -2.29. The van der Waals surface area contributed by atoms with Gasteiger partial charge in [-0.3, -0.25) is 9.59 Å². The molecule has 0 radical (unpaired) electrons. The minimum absolute atomic E-state index is 0.0165. The van der Waals surface area contributed by atoms with Crippen molar-refractivity contribution in [2.24, 2.45) is 0 Å². The molecule has 2 aromatic carbocycles. The maximum absolute atomic E-state index is 14.2. The summed E-state index contributed by atoms with van der Waals surface area (Å²) in [5.41, 5.74) is 1.53. The normalized spacial score (nSPS) is 12.8. The highest BCUT2D eigenvalue weighted by molar-refractivity contribution is 7.99. The molecular weight excluding hydrogens is 387 g/mol. The Morgan fingerprint density at radius 3 is 2.38 bits per heavy atom. The zero-order valence-electron chi connectivity index (χ0n) is 17.2. The second-order valence-electron chi connectivity index (χ2n) is 7.09. The van der Waals surface area contributed by atoms with Gasteiger partial charge in [-0.05, 0) is 31.9 Å². The zero-order valence-corrected chi connectivity index (χ0v) is 18.0. The summed E-state index contributed by atoms with van der Waals surface area (Å²) >= 11 is 1.49. The second-order valence-corrected chi connectivity index (χ2v) is 8.07. The lowest BCUT2D eigenvalue weighted by atomic mass is 10.1. The van der Waals surface area contributed by atoms with Crippen molar-refractivity contribution >= 4 is 23.6 Å². The Hall–Kier alpha value is -2.34. The van der Waals surface area contributed by atoms with Crippen LogP contribution in [0, 0.1) is 5.82 Å². The van der Waals surface area contributed by atoms with Gasteiger partial charge in [0.05, 0.1) is 5.75 Å². The third-order valence-electron chi connectivity index (χ3n) is 4.80. The molecule has 6 heteroatoms. The highest BCUT2D eigenvalue weighted by Crippen LogP contribution is 2.17. The first-order valence-corrected chi connectivity index (χ1v) is 11.0. The average molecular weight is 417 g/mol. The molecule has 0 unspecified atom stereocenters. The van der Waals surface area contributed by atoms with E-state index in [0.29, 0.717) is 11.3 Å². The number of amides is 2. The van der Waals surface area contributed by atoms with Gasteiger partial charge < -0.3 is 10.2 Å². The molecule has 0 saturated carbocycles. The lowest BCUT2D eigenvalue weighted by Crippen LogP contribution is -2.50. The van der Waals surface area contributed by atoms with Crippen molar-refractivity contribution in [3.8, 4) is 0 Å². The van der Waals surface area contributed by atoms with Crippen molar-refractivity contribution in [3.63, 3.8) is 0 Å². The number of nitrogens with zero attached hydrogens (tertiary/aromatic N) is 1. The number of hydrogen-bond acceptors (Lipinski definition) is 3. The van der Waals surface area contributed by atoms with Gasteiger partial charge in [0.2, 0.25) is 11.8 Å². The summed E-state index contributed by atoms with van der Waals surface area (Å²) in [6, 6.07) is 15.6. The van der Waals surface area contributed by atoms with Crippen LogP contribution in [0.25, 0.3) is 0 Å². The molecule has 2 atom stereocenters. The van der Waals surface area contributed by atoms with Gasteiger partial charge in [0, 0.05) is 23.9 Å².